The van der Waals surface area contributed by atoms with Gasteiger partial charge in [-0.2, -0.15) is 0 Å². The van der Waals surface area contributed by atoms with Gasteiger partial charge in [-0.05, 0) is 12.8 Å². The first-order valence-electron chi connectivity index (χ1n) is 8.62. The average molecular weight is 344 g/mol. The molecule has 1 aromatic carbocycles. The molecule has 6 heteroatoms. The Morgan fingerprint density at radius 1 is 1.24 bits per heavy atom. The fourth-order valence-corrected chi connectivity index (χ4v) is 2.49. The summed E-state index contributed by atoms with van der Waals surface area (Å²) in [6, 6.07) is 8.88. The molecular formula is C19H24N2O4. The van der Waals surface area contributed by atoms with Gasteiger partial charge in [-0.25, -0.2) is 9.78 Å². The van der Waals surface area contributed by atoms with Crippen molar-refractivity contribution in [1.82, 2.24) is 10.3 Å². The quantitative estimate of drug-likeness (QED) is 0.689. The van der Waals surface area contributed by atoms with Gasteiger partial charge < -0.3 is 14.8 Å². The summed E-state index contributed by atoms with van der Waals surface area (Å²) in [5.74, 6) is 0.0401. The van der Waals surface area contributed by atoms with E-state index >= 15 is 0 Å². The Hall–Kier alpha value is -2.63. The lowest BCUT2D eigenvalue weighted by Crippen LogP contribution is -2.40. The fourth-order valence-electron chi connectivity index (χ4n) is 2.49. The zero-order valence-electron chi connectivity index (χ0n) is 14.4. The third-order valence-electron chi connectivity index (χ3n) is 3.89. The summed E-state index contributed by atoms with van der Waals surface area (Å²) in [6.07, 6.45) is 5.14. The van der Waals surface area contributed by atoms with E-state index in [1.54, 1.807) is 6.20 Å². The van der Waals surface area contributed by atoms with Gasteiger partial charge in [0.25, 0.3) is 0 Å². The van der Waals surface area contributed by atoms with E-state index in [0.717, 1.165) is 18.4 Å². The highest BCUT2D eigenvalue weighted by Crippen LogP contribution is 2.20. The summed E-state index contributed by atoms with van der Waals surface area (Å²) in [5, 5.41) is 11.7. The molecule has 0 unspecified atom stereocenters. The number of carboxylic acids is 1. The van der Waals surface area contributed by atoms with Crippen LogP contribution in [0.25, 0.3) is 11.3 Å². The zero-order chi connectivity index (χ0) is 18.1. The third-order valence-corrected chi connectivity index (χ3v) is 3.89. The van der Waals surface area contributed by atoms with Crippen LogP contribution in [0.1, 0.15) is 44.9 Å². The molecule has 2 rings (SSSR count). The van der Waals surface area contributed by atoms with Crippen LogP contribution in [0.15, 0.2) is 40.9 Å². The summed E-state index contributed by atoms with van der Waals surface area (Å²) >= 11 is 0. The third kappa shape index (κ3) is 6.06. The predicted octanol–water partition coefficient (Wildman–Crippen LogP) is 3.42. The number of carbonyl (C=O) groups excluding carboxylic acids is 1. The van der Waals surface area contributed by atoms with Crippen molar-refractivity contribution in [3.8, 4) is 11.3 Å². The van der Waals surface area contributed by atoms with Crippen molar-refractivity contribution >= 4 is 11.9 Å². The Morgan fingerprint density at radius 2 is 2.00 bits per heavy atom. The largest absolute Gasteiger partial charge is 0.480 e. The van der Waals surface area contributed by atoms with Crippen molar-refractivity contribution in [2.24, 2.45) is 0 Å². The molecule has 0 radical (unpaired) electrons. The van der Waals surface area contributed by atoms with Crippen LogP contribution in [0.4, 0.5) is 0 Å². The molecule has 0 spiro atoms. The first-order chi connectivity index (χ1) is 12.1. The first-order valence-corrected chi connectivity index (χ1v) is 8.62. The van der Waals surface area contributed by atoms with Gasteiger partial charge in [0.2, 0.25) is 5.91 Å². The van der Waals surface area contributed by atoms with Crippen LogP contribution in [0.3, 0.4) is 0 Å². The van der Waals surface area contributed by atoms with Gasteiger partial charge in [-0.3, -0.25) is 4.79 Å². The predicted molar refractivity (Wildman–Crippen MR) is 94.0 cm³/mol. The van der Waals surface area contributed by atoms with E-state index in [9.17, 15) is 9.59 Å². The number of amides is 1. The van der Waals surface area contributed by atoms with Gasteiger partial charge in [0.05, 0.1) is 6.20 Å². The number of oxazole rings is 1. The van der Waals surface area contributed by atoms with Crippen molar-refractivity contribution < 1.29 is 19.1 Å². The maximum atomic E-state index is 11.9. The number of aromatic nitrogens is 1. The maximum absolute atomic E-state index is 11.9. The molecule has 1 amide bonds. The van der Waals surface area contributed by atoms with E-state index in [1.807, 2.05) is 37.3 Å². The van der Waals surface area contributed by atoms with Crippen LogP contribution < -0.4 is 5.32 Å². The maximum Gasteiger partial charge on any atom is 0.326 e. The topological polar surface area (TPSA) is 92.4 Å². The minimum Gasteiger partial charge on any atom is -0.480 e. The van der Waals surface area contributed by atoms with E-state index in [4.69, 9.17) is 9.52 Å². The van der Waals surface area contributed by atoms with E-state index in [-0.39, 0.29) is 12.3 Å². The highest BCUT2D eigenvalue weighted by molar-refractivity contribution is 5.83. The number of aryl methyl sites for hydroxylation is 1. The highest BCUT2D eigenvalue weighted by Gasteiger charge is 2.19. The Bertz CT molecular complexity index is 682. The van der Waals surface area contributed by atoms with Crippen LogP contribution in [0, 0.1) is 0 Å². The van der Waals surface area contributed by atoms with Crippen molar-refractivity contribution in [3.05, 3.63) is 42.4 Å². The standard InChI is InChI=1S/C19H24N2O4/c1-2-3-10-15(19(23)24)21-17(22)11-7-12-18-20-13-16(25-18)14-8-5-4-6-9-14/h4-6,8-9,13,15H,2-3,7,10-12H2,1H3,(H,21,22)(H,23,24)/t15-/m0/s1. The molecule has 134 valence electrons. The minimum atomic E-state index is -0.984. The van der Waals surface area contributed by atoms with E-state index in [1.165, 1.54) is 0 Å². The molecule has 2 N–H and O–H groups in total. The second-order valence-corrected chi connectivity index (χ2v) is 5.94. The molecular weight excluding hydrogens is 320 g/mol. The molecule has 0 bridgehead atoms. The number of carboxylic acid groups (broad SMARTS) is 1. The van der Waals surface area contributed by atoms with Crippen molar-refractivity contribution in [1.29, 1.82) is 0 Å². The number of aliphatic carboxylic acids is 1. The average Bonchev–Trinajstić information content (AvgIpc) is 3.08. The summed E-state index contributed by atoms with van der Waals surface area (Å²) in [5.41, 5.74) is 0.958. The molecule has 1 heterocycles. The van der Waals surface area contributed by atoms with Crippen LogP contribution in [-0.4, -0.2) is 28.0 Å². The molecule has 0 aliphatic rings. The number of nitrogens with one attached hydrogen (secondary N) is 1. The summed E-state index contributed by atoms with van der Waals surface area (Å²) < 4.78 is 5.69. The number of carbonyl (C=O) groups is 2. The van der Waals surface area contributed by atoms with Gasteiger partial charge in [0.15, 0.2) is 11.7 Å². The molecule has 0 fully saturated rings. The Balaban J connectivity index is 1.77. The number of benzene rings is 1. The van der Waals surface area contributed by atoms with Gasteiger partial charge in [-0.1, -0.05) is 50.1 Å². The zero-order valence-corrected chi connectivity index (χ0v) is 14.4. The van der Waals surface area contributed by atoms with Crippen LogP contribution in [-0.2, 0) is 16.0 Å². The van der Waals surface area contributed by atoms with Crippen molar-refractivity contribution in [2.45, 2.75) is 51.5 Å². The van der Waals surface area contributed by atoms with Crippen molar-refractivity contribution in [3.63, 3.8) is 0 Å². The summed E-state index contributed by atoms with van der Waals surface area (Å²) in [4.78, 5) is 27.3. The smallest absolute Gasteiger partial charge is 0.326 e. The molecule has 6 nitrogen and oxygen atoms in total. The fraction of sp³-hybridized carbons (Fsp3) is 0.421. The lowest BCUT2D eigenvalue weighted by Gasteiger charge is -2.13. The van der Waals surface area contributed by atoms with Gasteiger partial charge in [-0.15, -0.1) is 0 Å². The number of hydrogen-bond acceptors (Lipinski definition) is 4. The second kappa shape index (κ2) is 9.61. The lowest BCUT2D eigenvalue weighted by molar-refractivity contribution is -0.142. The van der Waals surface area contributed by atoms with E-state index < -0.39 is 12.0 Å². The van der Waals surface area contributed by atoms with E-state index in [2.05, 4.69) is 10.3 Å². The molecule has 25 heavy (non-hydrogen) atoms. The first kappa shape index (κ1) is 18.7. The normalized spacial score (nSPS) is 11.9. The summed E-state index contributed by atoms with van der Waals surface area (Å²) in [7, 11) is 0. The Labute approximate surface area is 147 Å². The van der Waals surface area contributed by atoms with Crippen molar-refractivity contribution in [2.75, 3.05) is 0 Å². The molecule has 0 saturated carbocycles. The number of nitrogens with zero attached hydrogens (tertiary/aromatic N) is 1. The van der Waals surface area contributed by atoms with Gasteiger partial charge in [0.1, 0.15) is 6.04 Å². The van der Waals surface area contributed by atoms with Gasteiger partial charge >= 0.3 is 5.97 Å². The molecule has 0 saturated heterocycles. The molecule has 2 aromatic rings. The molecule has 0 aliphatic heterocycles. The van der Waals surface area contributed by atoms with E-state index in [0.29, 0.717) is 30.9 Å². The Kier molecular flexibility index (Phi) is 7.19. The number of rotatable bonds is 10. The number of unbranched alkanes of at least 4 members (excludes halogenated alkanes) is 1. The Morgan fingerprint density at radius 3 is 2.68 bits per heavy atom. The molecule has 0 aliphatic carbocycles. The monoisotopic (exact) mass is 344 g/mol. The minimum absolute atomic E-state index is 0.249. The summed E-state index contributed by atoms with van der Waals surface area (Å²) in [6.45, 7) is 1.99. The van der Waals surface area contributed by atoms with Crippen LogP contribution in [0.2, 0.25) is 0 Å². The second-order valence-electron chi connectivity index (χ2n) is 5.94. The highest BCUT2D eigenvalue weighted by atomic mass is 16.4. The lowest BCUT2D eigenvalue weighted by atomic mass is 10.1. The van der Waals surface area contributed by atoms with Gasteiger partial charge in [0, 0.05) is 18.4 Å². The van der Waals surface area contributed by atoms with Crippen LogP contribution >= 0.6 is 0 Å². The van der Waals surface area contributed by atoms with Crippen LogP contribution in [0.5, 0.6) is 0 Å². The number of hydrogen-bond donors (Lipinski definition) is 2. The molecule has 1 atom stereocenters. The SMILES string of the molecule is CCCC[C@H](NC(=O)CCCc1ncc(-c2ccccc2)o1)C(=O)O. The molecule has 1 aromatic heterocycles.